The van der Waals surface area contributed by atoms with Crippen molar-refractivity contribution >= 4 is 41.3 Å². The van der Waals surface area contributed by atoms with Gasteiger partial charge in [0, 0.05) is 5.75 Å². The average Bonchev–Trinajstić information content (AvgIpc) is 2.40. The van der Waals surface area contributed by atoms with Gasteiger partial charge in [-0.15, -0.1) is 0 Å². The summed E-state index contributed by atoms with van der Waals surface area (Å²) in [5, 5.41) is 0. The van der Waals surface area contributed by atoms with E-state index in [1.807, 2.05) is 0 Å². The van der Waals surface area contributed by atoms with Crippen molar-refractivity contribution in [1.82, 2.24) is 0 Å². The Kier molecular flexibility index (Phi) is 2.68. The molecule has 0 fully saturated rings. The smallest absolute Gasteiger partial charge is 0.0667 e. The van der Waals surface area contributed by atoms with Crippen molar-refractivity contribution in [3.63, 3.8) is 0 Å². The highest BCUT2D eigenvalue weighted by molar-refractivity contribution is 14.1. The van der Waals surface area contributed by atoms with Gasteiger partial charge in [0.2, 0.25) is 0 Å². The summed E-state index contributed by atoms with van der Waals surface area (Å²) in [6.07, 6.45) is 2.30. The fourth-order valence-electron chi connectivity index (χ4n) is 1.96. The first-order chi connectivity index (χ1) is 6.57. The van der Waals surface area contributed by atoms with Gasteiger partial charge >= 0.3 is 0 Å². The van der Waals surface area contributed by atoms with Crippen LogP contribution in [0.2, 0.25) is 0 Å². The third-order valence-corrected chi connectivity index (χ3v) is 4.54. The summed E-state index contributed by atoms with van der Waals surface area (Å²) in [5.41, 5.74) is 5.60. The standard InChI is InChI=1S/C12H13IS/c1-8-4-3-5-11-10(8)6-9(7-14)12(11,2)13/h3-6,14H,7H2,1-2H3. The highest BCUT2D eigenvalue weighted by Crippen LogP contribution is 2.47. The van der Waals surface area contributed by atoms with Crippen molar-refractivity contribution < 1.29 is 0 Å². The number of halogens is 1. The van der Waals surface area contributed by atoms with Crippen molar-refractivity contribution in [2.75, 3.05) is 5.75 Å². The monoisotopic (exact) mass is 316 g/mol. The molecule has 0 aromatic heterocycles. The van der Waals surface area contributed by atoms with Gasteiger partial charge in [-0.05, 0) is 36.1 Å². The molecule has 0 spiro atoms. The quantitative estimate of drug-likeness (QED) is 0.452. The molecule has 0 nitrogen and oxygen atoms in total. The molecule has 1 atom stereocenters. The molecule has 2 rings (SSSR count). The molecule has 1 unspecified atom stereocenters. The number of aryl methyl sites for hydroxylation is 1. The zero-order chi connectivity index (χ0) is 10.3. The maximum Gasteiger partial charge on any atom is 0.0667 e. The Hall–Kier alpha value is 0.0400. The number of benzene rings is 1. The van der Waals surface area contributed by atoms with E-state index < -0.39 is 0 Å². The minimum atomic E-state index is 0.140. The molecule has 0 aliphatic heterocycles. The Morgan fingerprint density at radius 1 is 1.43 bits per heavy atom. The molecule has 14 heavy (non-hydrogen) atoms. The van der Waals surface area contributed by atoms with Crippen LogP contribution in [0.4, 0.5) is 0 Å². The summed E-state index contributed by atoms with van der Waals surface area (Å²) in [6.45, 7) is 4.43. The maximum absolute atomic E-state index is 4.39. The molecule has 0 radical (unpaired) electrons. The fourth-order valence-corrected chi connectivity index (χ4v) is 3.48. The Morgan fingerprint density at radius 3 is 2.71 bits per heavy atom. The number of alkyl halides is 1. The Bertz CT molecular complexity index is 405. The van der Waals surface area contributed by atoms with E-state index in [0.717, 1.165) is 5.75 Å². The van der Waals surface area contributed by atoms with Crippen molar-refractivity contribution in [3.8, 4) is 0 Å². The van der Waals surface area contributed by atoms with E-state index in [-0.39, 0.29) is 3.42 Å². The third-order valence-electron chi connectivity index (χ3n) is 2.92. The highest BCUT2D eigenvalue weighted by atomic mass is 127. The van der Waals surface area contributed by atoms with Gasteiger partial charge in [0.25, 0.3) is 0 Å². The number of hydrogen-bond donors (Lipinski definition) is 1. The van der Waals surface area contributed by atoms with Gasteiger partial charge in [-0.1, -0.05) is 46.9 Å². The number of rotatable bonds is 1. The lowest BCUT2D eigenvalue weighted by molar-refractivity contribution is 0.886. The summed E-state index contributed by atoms with van der Waals surface area (Å²) in [7, 11) is 0. The van der Waals surface area contributed by atoms with Gasteiger partial charge < -0.3 is 0 Å². The van der Waals surface area contributed by atoms with Crippen LogP contribution in [0.5, 0.6) is 0 Å². The molecule has 1 aromatic rings. The van der Waals surface area contributed by atoms with Crippen molar-refractivity contribution in [1.29, 1.82) is 0 Å². The molecule has 1 aliphatic rings. The zero-order valence-electron chi connectivity index (χ0n) is 8.34. The minimum absolute atomic E-state index is 0.140. The van der Waals surface area contributed by atoms with Gasteiger partial charge in [0.05, 0.1) is 3.42 Å². The predicted octanol–water partition coefficient (Wildman–Crippen LogP) is 3.97. The van der Waals surface area contributed by atoms with E-state index in [0.29, 0.717) is 0 Å². The van der Waals surface area contributed by atoms with Crippen LogP contribution in [0.1, 0.15) is 23.6 Å². The van der Waals surface area contributed by atoms with Crippen LogP contribution in [0.3, 0.4) is 0 Å². The van der Waals surface area contributed by atoms with Gasteiger partial charge in [-0.25, -0.2) is 0 Å². The molecule has 1 aliphatic carbocycles. The van der Waals surface area contributed by atoms with Crippen LogP contribution in [0.25, 0.3) is 6.08 Å². The summed E-state index contributed by atoms with van der Waals surface area (Å²) in [5.74, 6) is 0.841. The summed E-state index contributed by atoms with van der Waals surface area (Å²) in [4.78, 5) is 0. The molecule has 0 saturated carbocycles. The first-order valence-electron chi connectivity index (χ1n) is 4.68. The van der Waals surface area contributed by atoms with E-state index in [1.54, 1.807) is 0 Å². The first kappa shape index (κ1) is 10.6. The average molecular weight is 316 g/mol. The largest absolute Gasteiger partial charge is 0.175 e. The first-order valence-corrected chi connectivity index (χ1v) is 6.39. The van der Waals surface area contributed by atoms with Crippen molar-refractivity contribution in [2.24, 2.45) is 0 Å². The summed E-state index contributed by atoms with van der Waals surface area (Å²) in [6, 6.07) is 6.53. The molecular weight excluding hydrogens is 303 g/mol. The van der Waals surface area contributed by atoms with Crippen molar-refractivity contribution in [2.45, 2.75) is 17.3 Å². The Balaban J connectivity index is 2.65. The van der Waals surface area contributed by atoms with Gasteiger partial charge in [0.1, 0.15) is 0 Å². The van der Waals surface area contributed by atoms with Gasteiger partial charge in [-0.3, -0.25) is 0 Å². The van der Waals surface area contributed by atoms with Crippen LogP contribution >= 0.6 is 35.2 Å². The molecule has 0 bridgehead atoms. The van der Waals surface area contributed by atoms with Crippen LogP contribution in [0, 0.1) is 6.92 Å². The number of fused-ring (bicyclic) bond motifs is 1. The van der Waals surface area contributed by atoms with E-state index >= 15 is 0 Å². The number of hydrogen-bond acceptors (Lipinski definition) is 1. The second-order valence-corrected chi connectivity index (χ2v) is 6.34. The van der Waals surface area contributed by atoms with Crippen molar-refractivity contribution in [3.05, 3.63) is 40.5 Å². The Labute approximate surface area is 104 Å². The minimum Gasteiger partial charge on any atom is -0.175 e. The van der Waals surface area contributed by atoms with E-state index in [9.17, 15) is 0 Å². The lowest BCUT2D eigenvalue weighted by Gasteiger charge is -2.21. The van der Waals surface area contributed by atoms with Gasteiger partial charge in [-0.2, -0.15) is 12.6 Å². The fraction of sp³-hybridized carbons (Fsp3) is 0.333. The van der Waals surface area contributed by atoms with Gasteiger partial charge in [0.15, 0.2) is 0 Å². The lowest BCUT2D eigenvalue weighted by Crippen LogP contribution is -2.13. The second kappa shape index (κ2) is 3.56. The predicted molar refractivity (Wildman–Crippen MR) is 74.4 cm³/mol. The third kappa shape index (κ3) is 1.43. The lowest BCUT2D eigenvalue weighted by atomic mass is 9.97. The van der Waals surface area contributed by atoms with Crippen LogP contribution in [0.15, 0.2) is 23.8 Å². The van der Waals surface area contributed by atoms with Crippen LogP contribution < -0.4 is 0 Å². The molecule has 0 saturated heterocycles. The van der Waals surface area contributed by atoms with E-state index in [2.05, 4.69) is 73.3 Å². The summed E-state index contributed by atoms with van der Waals surface area (Å²) < 4.78 is 0.140. The number of thiol groups is 1. The molecule has 0 amide bonds. The van der Waals surface area contributed by atoms with Crippen LogP contribution in [-0.4, -0.2) is 5.75 Å². The highest BCUT2D eigenvalue weighted by Gasteiger charge is 2.33. The molecule has 0 heterocycles. The normalized spacial score (nSPS) is 24.7. The molecule has 74 valence electrons. The topological polar surface area (TPSA) is 0 Å². The maximum atomic E-state index is 4.39. The molecule has 0 N–H and O–H groups in total. The molecular formula is C12H13IS. The molecule has 1 aromatic carbocycles. The summed E-state index contributed by atoms with van der Waals surface area (Å²) >= 11 is 6.91. The zero-order valence-corrected chi connectivity index (χ0v) is 11.4. The molecule has 2 heteroatoms. The SMILES string of the molecule is Cc1cccc2c1C=C(CS)C2(C)I. The van der Waals surface area contributed by atoms with Crippen LogP contribution in [-0.2, 0) is 3.42 Å². The Morgan fingerprint density at radius 2 is 2.14 bits per heavy atom. The van der Waals surface area contributed by atoms with E-state index in [1.165, 1.54) is 22.3 Å². The second-order valence-electron chi connectivity index (χ2n) is 3.87. The van der Waals surface area contributed by atoms with E-state index in [4.69, 9.17) is 0 Å².